The van der Waals surface area contributed by atoms with Crippen LogP contribution in [0.15, 0.2) is 29.4 Å². The van der Waals surface area contributed by atoms with Crippen LogP contribution in [0.3, 0.4) is 0 Å². The average Bonchev–Trinajstić information content (AvgIpc) is 2.56. The van der Waals surface area contributed by atoms with E-state index in [1.54, 1.807) is 16.7 Å². The molecule has 0 aromatic carbocycles. The number of carbonyl (C=O) groups is 1. The molecule has 0 fully saturated rings. The van der Waals surface area contributed by atoms with E-state index in [0.29, 0.717) is 0 Å². The fourth-order valence-corrected chi connectivity index (χ4v) is 1.86. The molecule has 2 rings (SSSR count). The number of imidazole rings is 1. The summed E-state index contributed by atoms with van der Waals surface area (Å²) in [4.78, 5) is 14.9. The summed E-state index contributed by atoms with van der Waals surface area (Å²) < 4.78 is 1.58. The van der Waals surface area contributed by atoms with Gasteiger partial charge in [0, 0.05) is 6.20 Å². The zero-order valence-corrected chi connectivity index (χ0v) is 8.28. The van der Waals surface area contributed by atoms with Crippen molar-refractivity contribution in [3.8, 4) is 0 Å². The van der Waals surface area contributed by atoms with Gasteiger partial charge in [0.05, 0.1) is 5.52 Å². The predicted octanol–water partition coefficient (Wildman–Crippen LogP) is 1.75. The van der Waals surface area contributed by atoms with E-state index < -0.39 is 5.97 Å². The molecular formula is C9H8N2O2S. The van der Waals surface area contributed by atoms with Crippen LogP contribution in [-0.2, 0) is 0 Å². The van der Waals surface area contributed by atoms with Crippen LogP contribution in [0, 0.1) is 0 Å². The molecule has 0 amide bonds. The smallest absolute Gasteiger partial charge is 0.372 e. The van der Waals surface area contributed by atoms with Gasteiger partial charge in [0.1, 0.15) is 5.03 Å². The molecule has 0 saturated heterocycles. The van der Waals surface area contributed by atoms with Gasteiger partial charge in [-0.2, -0.15) is 0 Å². The van der Waals surface area contributed by atoms with E-state index >= 15 is 0 Å². The normalized spacial score (nSPS) is 10.6. The lowest BCUT2D eigenvalue weighted by atomic mass is 10.4. The van der Waals surface area contributed by atoms with E-state index in [9.17, 15) is 4.79 Å². The molecule has 0 atom stereocenters. The molecule has 0 aliphatic rings. The van der Waals surface area contributed by atoms with Crippen LogP contribution in [0.25, 0.3) is 5.52 Å². The predicted molar refractivity (Wildman–Crippen MR) is 53.9 cm³/mol. The number of thioether (sulfide) groups is 1. The maximum Gasteiger partial charge on any atom is 0.372 e. The lowest BCUT2D eigenvalue weighted by Crippen LogP contribution is -2.02. The highest BCUT2D eigenvalue weighted by Crippen LogP contribution is 2.21. The minimum Gasteiger partial charge on any atom is -0.475 e. The largest absolute Gasteiger partial charge is 0.475 e. The number of aromatic carboxylic acids is 1. The first-order valence-corrected chi connectivity index (χ1v) is 5.21. The molecule has 0 radical (unpaired) electrons. The molecule has 0 unspecified atom stereocenters. The minimum absolute atomic E-state index is 0.0601. The van der Waals surface area contributed by atoms with Crippen molar-refractivity contribution in [1.29, 1.82) is 0 Å². The van der Waals surface area contributed by atoms with E-state index in [-0.39, 0.29) is 5.82 Å². The first kappa shape index (κ1) is 9.08. The number of hydrogen-bond acceptors (Lipinski definition) is 3. The number of hydrogen-bond donors (Lipinski definition) is 1. The van der Waals surface area contributed by atoms with Crippen molar-refractivity contribution >= 4 is 23.2 Å². The second-order valence-corrected chi connectivity index (χ2v) is 3.50. The van der Waals surface area contributed by atoms with Gasteiger partial charge in [-0.25, -0.2) is 9.78 Å². The van der Waals surface area contributed by atoms with E-state index in [0.717, 1.165) is 10.5 Å². The second-order valence-electron chi connectivity index (χ2n) is 2.71. The van der Waals surface area contributed by atoms with Gasteiger partial charge in [0.2, 0.25) is 5.82 Å². The summed E-state index contributed by atoms with van der Waals surface area (Å²) in [6.07, 6.45) is 3.58. The summed E-state index contributed by atoms with van der Waals surface area (Å²) >= 11 is 1.44. The molecule has 0 saturated carbocycles. The fourth-order valence-electron chi connectivity index (χ4n) is 1.31. The number of nitrogens with zero attached hydrogens (tertiary/aromatic N) is 2. The summed E-state index contributed by atoms with van der Waals surface area (Å²) in [5, 5.41) is 9.64. The maximum atomic E-state index is 10.9. The number of fused-ring (bicyclic) bond motifs is 1. The number of rotatable bonds is 2. The Labute approximate surface area is 84.6 Å². The molecule has 72 valence electrons. The van der Waals surface area contributed by atoms with Crippen LogP contribution < -0.4 is 0 Å². The van der Waals surface area contributed by atoms with E-state index in [1.165, 1.54) is 11.8 Å². The van der Waals surface area contributed by atoms with Gasteiger partial charge in [-0.05, 0) is 18.4 Å². The van der Waals surface area contributed by atoms with Gasteiger partial charge in [-0.3, -0.25) is 4.40 Å². The van der Waals surface area contributed by atoms with Crippen molar-refractivity contribution in [2.75, 3.05) is 6.26 Å². The lowest BCUT2D eigenvalue weighted by molar-refractivity contribution is 0.0682. The molecule has 5 heteroatoms. The lowest BCUT2D eigenvalue weighted by Gasteiger charge is -1.94. The molecule has 0 aliphatic heterocycles. The Morgan fingerprint density at radius 2 is 2.36 bits per heavy atom. The molecule has 2 aromatic rings. The van der Waals surface area contributed by atoms with E-state index in [2.05, 4.69) is 4.98 Å². The molecule has 14 heavy (non-hydrogen) atoms. The second kappa shape index (κ2) is 3.34. The number of aromatic nitrogens is 2. The quantitative estimate of drug-likeness (QED) is 0.764. The molecule has 0 spiro atoms. The van der Waals surface area contributed by atoms with Crippen molar-refractivity contribution in [2.45, 2.75) is 5.03 Å². The fraction of sp³-hybridized carbons (Fsp3) is 0.111. The number of pyridine rings is 1. The van der Waals surface area contributed by atoms with Crippen molar-refractivity contribution in [3.63, 3.8) is 0 Å². The van der Waals surface area contributed by atoms with Crippen LogP contribution in [0.1, 0.15) is 10.6 Å². The summed E-state index contributed by atoms with van der Waals surface area (Å²) in [6.45, 7) is 0. The molecule has 1 N–H and O–H groups in total. The molecule has 0 aliphatic carbocycles. The minimum atomic E-state index is -1.01. The Bertz CT molecular complexity index is 493. The Morgan fingerprint density at radius 3 is 3.00 bits per heavy atom. The van der Waals surface area contributed by atoms with Gasteiger partial charge in [-0.1, -0.05) is 6.07 Å². The monoisotopic (exact) mass is 208 g/mol. The van der Waals surface area contributed by atoms with Crippen molar-refractivity contribution < 1.29 is 9.90 Å². The molecular weight excluding hydrogens is 200 g/mol. The first-order valence-electron chi connectivity index (χ1n) is 3.98. The summed E-state index contributed by atoms with van der Waals surface area (Å²) in [7, 11) is 0. The number of carboxylic acids is 1. The van der Waals surface area contributed by atoms with Crippen molar-refractivity contribution in [3.05, 3.63) is 30.2 Å². The molecule has 2 heterocycles. The highest BCUT2D eigenvalue weighted by atomic mass is 32.2. The van der Waals surface area contributed by atoms with Crippen LogP contribution in [-0.4, -0.2) is 26.7 Å². The first-order chi connectivity index (χ1) is 6.74. The number of carboxylic acid groups (broad SMARTS) is 1. The van der Waals surface area contributed by atoms with E-state index in [4.69, 9.17) is 5.11 Å². The third-order valence-corrected chi connectivity index (χ3v) is 2.59. The van der Waals surface area contributed by atoms with Gasteiger partial charge in [0.15, 0.2) is 0 Å². The third kappa shape index (κ3) is 1.26. The topological polar surface area (TPSA) is 54.6 Å². The van der Waals surface area contributed by atoms with E-state index in [1.807, 2.05) is 18.4 Å². The highest BCUT2D eigenvalue weighted by molar-refractivity contribution is 7.98. The molecule has 0 bridgehead atoms. The summed E-state index contributed by atoms with van der Waals surface area (Å²) in [5.74, 6) is -0.948. The van der Waals surface area contributed by atoms with Gasteiger partial charge >= 0.3 is 5.97 Å². The molecule has 2 aromatic heterocycles. The SMILES string of the molecule is CSc1nc(C(=O)O)n2ccccc12. The van der Waals surface area contributed by atoms with Crippen LogP contribution in [0.2, 0.25) is 0 Å². The van der Waals surface area contributed by atoms with Crippen molar-refractivity contribution in [2.24, 2.45) is 0 Å². The summed E-state index contributed by atoms with van der Waals surface area (Å²) in [5.41, 5.74) is 0.831. The molecule has 4 nitrogen and oxygen atoms in total. The van der Waals surface area contributed by atoms with Gasteiger partial charge in [0.25, 0.3) is 0 Å². The third-order valence-electron chi connectivity index (χ3n) is 1.90. The Kier molecular flexibility index (Phi) is 2.17. The maximum absolute atomic E-state index is 10.9. The van der Waals surface area contributed by atoms with Crippen LogP contribution in [0.5, 0.6) is 0 Å². The zero-order chi connectivity index (χ0) is 10.1. The Hall–Kier alpha value is -1.49. The average molecular weight is 208 g/mol. The van der Waals surface area contributed by atoms with Gasteiger partial charge < -0.3 is 5.11 Å². The standard InChI is InChI=1S/C9H8N2O2S/c1-14-8-6-4-2-3-5-11(6)7(10-8)9(12)13/h2-5H,1H3,(H,12,13). The van der Waals surface area contributed by atoms with Crippen LogP contribution >= 0.6 is 11.8 Å². The zero-order valence-electron chi connectivity index (χ0n) is 7.47. The van der Waals surface area contributed by atoms with Crippen molar-refractivity contribution in [1.82, 2.24) is 9.38 Å². The van der Waals surface area contributed by atoms with Crippen LogP contribution in [0.4, 0.5) is 0 Å². The Morgan fingerprint density at radius 1 is 1.57 bits per heavy atom. The Balaban J connectivity index is 2.80. The highest BCUT2D eigenvalue weighted by Gasteiger charge is 2.14. The van der Waals surface area contributed by atoms with Gasteiger partial charge in [-0.15, -0.1) is 11.8 Å². The summed E-state index contributed by atoms with van der Waals surface area (Å²) in [6, 6.07) is 5.50.